The van der Waals surface area contributed by atoms with Crippen LogP contribution in [0, 0.1) is 55.7 Å². The third-order valence-electron chi connectivity index (χ3n) is 14.1. The van der Waals surface area contributed by atoms with E-state index in [1.807, 2.05) is 0 Å². The molecule has 0 aromatic rings. The molecule has 0 spiro atoms. The zero-order valence-electron chi connectivity index (χ0n) is 24.5. The molecule has 1 N–H and O–H groups in total. The molecule has 0 aliphatic heterocycles. The van der Waals surface area contributed by atoms with E-state index >= 15 is 0 Å². The molecule has 4 nitrogen and oxygen atoms in total. The minimum absolute atomic E-state index is 0.0730. The summed E-state index contributed by atoms with van der Waals surface area (Å²) in [6.45, 7) is 20.5. The minimum Gasteiger partial charge on any atom is -0.462 e. The van der Waals surface area contributed by atoms with Crippen molar-refractivity contribution in [3.8, 4) is 0 Å². The number of hydrogen-bond donors (Lipinski definition) is 1. The van der Waals surface area contributed by atoms with Crippen molar-refractivity contribution in [1.82, 2.24) is 0 Å². The van der Waals surface area contributed by atoms with Crippen LogP contribution in [0.15, 0.2) is 0 Å². The molecule has 204 valence electrons. The smallest absolute Gasteiger partial charge is 0.302 e. The van der Waals surface area contributed by atoms with Gasteiger partial charge in [-0.15, -0.1) is 0 Å². The van der Waals surface area contributed by atoms with E-state index in [1.165, 1.54) is 19.6 Å². The van der Waals surface area contributed by atoms with Gasteiger partial charge in [0.1, 0.15) is 12.4 Å². The number of ether oxygens (including phenoxy) is 1. The van der Waals surface area contributed by atoms with Crippen LogP contribution in [0.1, 0.15) is 120 Å². The Morgan fingerprint density at radius 2 is 1.50 bits per heavy atom. The van der Waals surface area contributed by atoms with Gasteiger partial charge in [-0.1, -0.05) is 55.4 Å². The third kappa shape index (κ3) is 2.97. The topological polar surface area (TPSA) is 63.6 Å². The summed E-state index contributed by atoms with van der Waals surface area (Å²) < 4.78 is 5.87. The lowest BCUT2D eigenvalue weighted by atomic mass is 9.37. The highest BCUT2D eigenvalue weighted by atomic mass is 16.5. The molecule has 0 saturated heterocycles. The molecule has 0 heterocycles. The molecular formula is C32H52O4. The molecule has 0 amide bonds. The molecule has 0 aromatic heterocycles. The van der Waals surface area contributed by atoms with Crippen molar-refractivity contribution in [3.63, 3.8) is 0 Å². The van der Waals surface area contributed by atoms with Crippen LogP contribution in [0.25, 0.3) is 0 Å². The molecule has 5 aliphatic carbocycles. The Bertz CT molecular complexity index is 954. The second-order valence-electron chi connectivity index (χ2n) is 16.4. The first-order valence-corrected chi connectivity index (χ1v) is 14.8. The predicted octanol–water partition coefficient (Wildman–Crippen LogP) is 6.97. The number of aliphatic hydroxyl groups is 1. The van der Waals surface area contributed by atoms with E-state index < -0.39 is 11.5 Å². The van der Waals surface area contributed by atoms with Crippen LogP contribution in [-0.4, -0.2) is 29.6 Å². The summed E-state index contributed by atoms with van der Waals surface area (Å²) in [7, 11) is 0. The van der Waals surface area contributed by atoms with Crippen LogP contribution in [-0.2, 0) is 14.3 Å². The fourth-order valence-electron chi connectivity index (χ4n) is 12.0. The van der Waals surface area contributed by atoms with Crippen LogP contribution in [0.5, 0.6) is 0 Å². The molecule has 5 saturated carbocycles. The van der Waals surface area contributed by atoms with Crippen molar-refractivity contribution < 1.29 is 19.4 Å². The van der Waals surface area contributed by atoms with Gasteiger partial charge in [0.05, 0.1) is 11.5 Å². The van der Waals surface area contributed by atoms with Crippen LogP contribution in [0.3, 0.4) is 0 Å². The number of aliphatic hydroxyl groups excluding tert-OH is 1. The standard InChI is InChI=1S/C32H52O4/c1-20(34)36-23-11-12-29(7)21(27(23,4)5)10-13-30(8)24(29)25(35)32(19-33)22-18-26(2,3)14-15-28(22,6)16-17-31(30,32)9/h19,21-25,35H,10-18H2,1-9H3/t21?,22-,23+,24?,25?,28-,29+,30-,31+,32-/m1/s1. The molecule has 5 aliphatic rings. The summed E-state index contributed by atoms with van der Waals surface area (Å²) in [4.78, 5) is 25.6. The quantitative estimate of drug-likeness (QED) is 0.328. The molecular weight excluding hydrogens is 448 g/mol. The maximum absolute atomic E-state index is 13.6. The molecule has 4 heteroatoms. The van der Waals surface area contributed by atoms with Gasteiger partial charge in [-0.2, -0.15) is 0 Å². The van der Waals surface area contributed by atoms with Gasteiger partial charge < -0.3 is 14.6 Å². The van der Waals surface area contributed by atoms with Crippen molar-refractivity contribution >= 4 is 12.3 Å². The largest absolute Gasteiger partial charge is 0.462 e. The maximum Gasteiger partial charge on any atom is 0.302 e. The van der Waals surface area contributed by atoms with Gasteiger partial charge in [0.25, 0.3) is 0 Å². The summed E-state index contributed by atoms with van der Waals surface area (Å²) in [6.07, 6.45) is 10.0. The normalized spacial score (nSPS) is 54.9. The monoisotopic (exact) mass is 500 g/mol. The fourth-order valence-corrected chi connectivity index (χ4v) is 12.0. The maximum atomic E-state index is 13.6. The summed E-state index contributed by atoms with van der Waals surface area (Å²) in [5.41, 5.74) is -0.948. The number of rotatable bonds is 2. The van der Waals surface area contributed by atoms with Crippen molar-refractivity contribution in [2.24, 2.45) is 55.7 Å². The van der Waals surface area contributed by atoms with E-state index in [2.05, 4.69) is 55.4 Å². The highest BCUT2D eigenvalue weighted by Crippen LogP contribution is 2.82. The van der Waals surface area contributed by atoms with Crippen LogP contribution in [0.4, 0.5) is 0 Å². The molecule has 3 unspecified atom stereocenters. The Morgan fingerprint density at radius 3 is 2.11 bits per heavy atom. The Morgan fingerprint density at radius 1 is 0.861 bits per heavy atom. The van der Waals surface area contributed by atoms with Crippen LogP contribution >= 0.6 is 0 Å². The first-order chi connectivity index (χ1) is 16.5. The van der Waals surface area contributed by atoms with Crippen molar-refractivity contribution in [1.29, 1.82) is 0 Å². The van der Waals surface area contributed by atoms with E-state index in [0.29, 0.717) is 5.92 Å². The number of carbonyl (C=O) groups excluding carboxylic acids is 2. The van der Waals surface area contributed by atoms with Crippen LogP contribution in [0.2, 0.25) is 0 Å². The zero-order chi connectivity index (χ0) is 26.7. The number of carbonyl (C=O) groups is 2. The van der Waals surface area contributed by atoms with Crippen molar-refractivity contribution in [2.75, 3.05) is 0 Å². The van der Waals surface area contributed by atoms with Gasteiger partial charge in [-0.3, -0.25) is 4.79 Å². The van der Waals surface area contributed by atoms with Crippen LogP contribution < -0.4 is 0 Å². The van der Waals surface area contributed by atoms with E-state index in [-0.39, 0.29) is 56.4 Å². The van der Waals surface area contributed by atoms with Gasteiger partial charge in [0.2, 0.25) is 0 Å². The van der Waals surface area contributed by atoms with Crippen molar-refractivity contribution in [3.05, 3.63) is 0 Å². The summed E-state index contributed by atoms with van der Waals surface area (Å²) in [6, 6.07) is 0. The Kier molecular flexibility index (Phi) is 5.64. The molecule has 5 rings (SSSR count). The Balaban J connectivity index is 1.64. The number of hydrogen-bond acceptors (Lipinski definition) is 4. The lowest BCUT2D eigenvalue weighted by Crippen LogP contribution is -2.62. The molecule has 5 fully saturated rings. The number of esters is 1. The minimum atomic E-state index is -0.702. The van der Waals surface area contributed by atoms with Gasteiger partial charge in [-0.25, -0.2) is 0 Å². The van der Waals surface area contributed by atoms with E-state index in [4.69, 9.17) is 4.74 Å². The SMILES string of the molecule is CC(=O)O[C@H]1CC[C@@]2(C)C(CC[C@]3(C)C2C(O)[C@@]2(C=O)[C@@H]4CC(C)(C)CC[C@]4(C)CC[C@]23C)C1(C)C. The second-order valence-corrected chi connectivity index (χ2v) is 16.4. The Hall–Kier alpha value is -0.900. The van der Waals surface area contributed by atoms with E-state index in [1.54, 1.807) is 0 Å². The predicted molar refractivity (Wildman–Crippen MR) is 142 cm³/mol. The average molecular weight is 501 g/mol. The lowest BCUT2D eigenvalue weighted by Gasteiger charge is -2.66. The van der Waals surface area contributed by atoms with Gasteiger partial charge in [0, 0.05) is 12.3 Å². The van der Waals surface area contributed by atoms with Gasteiger partial charge in [0.15, 0.2) is 0 Å². The average Bonchev–Trinajstić information content (AvgIpc) is 2.92. The Labute approximate surface area is 219 Å². The molecule has 0 aromatic carbocycles. The highest BCUT2D eigenvalue weighted by Gasteiger charge is 2.81. The zero-order valence-corrected chi connectivity index (χ0v) is 24.5. The first kappa shape index (κ1) is 26.7. The molecule has 0 bridgehead atoms. The number of aldehydes is 1. The van der Waals surface area contributed by atoms with E-state index in [0.717, 1.165) is 51.4 Å². The van der Waals surface area contributed by atoms with E-state index in [9.17, 15) is 14.7 Å². The second kappa shape index (κ2) is 7.60. The highest BCUT2D eigenvalue weighted by molar-refractivity contribution is 5.67. The third-order valence-corrected chi connectivity index (χ3v) is 14.1. The van der Waals surface area contributed by atoms with Gasteiger partial charge >= 0.3 is 5.97 Å². The van der Waals surface area contributed by atoms with Crippen molar-refractivity contribution in [2.45, 2.75) is 132 Å². The first-order valence-electron chi connectivity index (χ1n) is 14.8. The van der Waals surface area contributed by atoms with Gasteiger partial charge in [-0.05, 0) is 103 Å². The molecule has 0 radical (unpaired) electrons. The molecule has 10 atom stereocenters. The summed E-state index contributed by atoms with van der Waals surface area (Å²) in [5, 5.41) is 12.7. The number of fused-ring (bicyclic) bond motifs is 7. The lowest BCUT2D eigenvalue weighted by molar-refractivity contribution is -0.205. The molecule has 36 heavy (non-hydrogen) atoms. The summed E-state index contributed by atoms with van der Waals surface area (Å²) >= 11 is 0. The summed E-state index contributed by atoms with van der Waals surface area (Å²) in [5.74, 6) is 0.437. The fraction of sp³-hybridized carbons (Fsp3) is 0.938.